The van der Waals surface area contributed by atoms with Crippen molar-refractivity contribution in [2.75, 3.05) is 49.5 Å². The van der Waals surface area contributed by atoms with Crippen LogP contribution in [-0.2, 0) is 14.8 Å². The first kappa shape index (κ1) is 54.3. The van der Waals surface area contributed by atoms with E-state index in [1.54, 1.807) is 36.2 Å². The molecule has 2 aliphatic carbocycles. The number of likely N-dealkylation sites (tertiary alicyclic amines) is 2. The third kappa shape index (κ3) is 11.4. The number of nitrogens with one attached hydrogen (secondary N) is 3. The summed E-state index contributed by atoms with van der Waals surface area (Å²) in [7, 11) is -4.77. The van der Waals surface area contributed by atoms with Crippen LogP contribution >= 0.6 is 0 Å². The molecule has 2 saturated carbocycles. The Morgan fingerprint density at radius 3 is 2.44 bits per heavy atom. The number of benzene rings is 3. The van der Waals surface area contributed by atoms with Crippen LogP contribution in [0.15, 0.2) is 77.8 Å². The lowest BCUT2D eigenvalue weighted by Crippen LogP contribution is -2.54. The zero-order valence-electron chi connectivity index (χ0n) is 46.1. The fourth-order valence-corrected chi connectivity index (χ4v) is 14.1. The number of aliphatic hydroxyl groups is 1. The number of hydrogen-bond donors (Lipinski definition) is 4. The molecule has 4 aliphatic heterocycles. The molecular weight excluding hydrogens is 1030 g/mol. The highest BCUT2D eigenvalue weighted by molar-refractivity contribution is 7.90. The predicted octanol–water partition coefficient (Wildman–Crippen LogP) is 10.6. The van der Waals surface area contributed by atoms with Gasteiger partial charge < -0.3 is 44.2 Å². The molecule has 79 heavy (non-hydrogen) atoms. The summed E-state index contributed by atoms with van der Waals surface area (Å²) in [6, 6.07) is 20.4. The van der Waals surface area contributed by atoms with Gasteiger partial charge in [0, 0.05) is 73.6 Å². The second-order valence-corrected chi connectivity index (χ2v) is 26.3. The number of anilines is 2. The van der Waals surface area contributed by atoms with Gasteiger partial charge >= 0.3 is 6.09 Å². The van der Waals surface area contributed by atoms with Crippen LogP contribution in [0.5, 0.6) is 23.1 Å². The van der Waals surface area contributed by atoms with E-state index in [1.165, 1.54) is 36.1 Å². The summed E-state index contributed by atoms with van der Waals surface area (Å²) in [4.78, 5) is 53.5. The summed E-state index contributed by atoms with van der Waals surface area (Å²) in [6.07, 6.45) is 10.5. The molecular formula is C59H74N8O11S. The Morgan fingerprint density at radius 2 is 1.71 bits per heavy atom. The number of sulfonamides is 1. The maximum Gasteiger partial charge on any atom is 0.410 e. The van der Waals surface area contributed by atoms with Gasteiger partial charge in [-0.3, -0.25) is 19.8 Å². The molecule has 5 aromatic rings. The number of carbonyl (C=O) groups excluding carboxylic acids is 2. The molecule has 6 aliphatic rings. The number of aromatic nitrogens is 2. The number of pyridine rings is 1. The van der Waals surface area contributed by atoms with Gasteiger partial charge in [-0.25, -0.2) is 17.9 Å². The van der Waals surface area contributed by atoms with Crippen LogP contribution in [0.4, 0.5) is 21.9 Å². The summed E-state index contributed by atoms with van der Waals surface area (Å²) in [5.41, 5.74) is 2.39. The Kier molecular flexibility index (Phi) is 14.5. The van der Waals surface area contributed by atoms with Gasteiger partial charge in [0.1, 0.15) is 29.7 Å². The lowest BCUT2D eigenvalue weighted by molar-refractivity contribution is -0.384. The lowest BCUT2D eigenvalue weighted by Gasteiger charge is -2.56. The second-order valence-electron chi connectivity index (χ2n) is 24.6. The Balaban J connectivity index is 0.852. The average molecular weight is 1100 g/mol. The van der Waals surface area contributed by atoms with Gasteiger partial charge in [-0.2, -0.15) is 4.98 Å². The van der Waals surface area contributed by atoms with Crippen LogP contribution in [0.1, 0.15) is 146 Å². The number of nitrogens with zero attached hydrogens (tertiary/aromatic N) is 5. The molecule has 3 saturated heterocycles. The molecule has 11 rings (SSSR count). The van der Waals surface area contributed by atoms with Crippen molar-refractivity contribution in [3.8, 4) is 23.1 Å². The van der Waals surface area contributed by atoms with Crippen molar-refractivity contribution in [1.82, 2.24) is 24.5 Å². The smallest absolute Gasteiger partial charge is 0.410 e. The maximum absolute atomic E-state index is 14.6. The number of carbonyl (C=O) groups is 2. The summed E-state index contributed by atoms with van der Waals surface area (Å²) in [5, 5.41) is 27.0. The average Bonchev–Trinajstić information content (AvgIpc) is 4.25. The standard InChI is InChI=1S/C59H74N8O11S/c1-36(2)43-10-7-8-11-44(43)47-12-9-24-66(47)40-32-59(33-40)21-26-64(27-22-59)39-13-14-45(49(29-39)77-51-28-38-17-23-60-53(38)62-55(51)76-41-18-25-65(34-41)56(69)78-57(3,4)5)54(68)63-79(73,74)42-30-48(67(71)72)52-50(31-42)75-35-46(61-52)37-15-19-58(6,70)20-16-37/h7-8,10-11,13-14,17,23,28-31,36-37,40-41,46-47,61,70H,9,12,15-16,18-22,24-27,32-35H2,1-6H3,(H,60,62)(H,63,68)/t37?,41-,46-,47+,58?/m1/s1. The zero-order chi connectivity index (χ0) is 55.6. The van der Waals surface area contributed by atoms with E-state index in [-0.39, 0.29) is 64.9 Å². The van der Waals surface area contributed by atoms with E-state index < -0.39 is 54.8 Å². The minimum atomic E-state index is -4.77. The molecule has 6 heterocycles. The second kappa shape index (κ2) is 21.1. The van der Waals surface area contributed by atoms with Crippen molar-refractivity contribution in [2.24, 2.45) is 11.3 Å². The number of piperidine rings is 1. The number of H-pyrrole nitrogens is 1. The van der Waals surface area contributed by atoms with Crippen LogP contribution < -0.4 is 29.1 Å². The molecule has 19 nitrogen and oxygen atoms in total. The Morgan fingerprint density at radius 1 is 0.949 bits per heavy atom. The Hall–Kier alpha value is -6.64. The van der Waals surface area contributed by atoms with Gasteiger partial charge in [-0.15, -0.1) is 0 Å². The Bertz CT molecular complexity index is 3240. The SMILES string of the molecule is CC(C)c1ccccc1[C@@H]1CCCN1C1CC2(CCN(c3ccc(C(=O)NS(=O)(=O)c4cc5c(c([N+](=O)[O-])c4)N[C@@H](C4CCC(C)(O)CC4)CO5)c(Oc4cc5cc[nH]c5nc4O[C@@H]4CCN(C(=O)OC(C)(C)C)C4)c3)CC2)C1. The summed E-state index contributed by atoms with van der Waals surface area (Å²) in [6.45, 7) is 15.2. The fourth-order valence-electron chi connectivity index (χ4n) is 13.1. The van der Waals surface area contributed by atoms with Crippen molar-refractivity contribution in [3.63, 3.8) is 0 Å². The number of nitro benzene ring substituents is 1. The first-order chi connectivity index (χ1) is 37.6. The first-order valence-electron chi connectivity index (χ1n) is 28.2. The van der Waals surface area contributed by atoms with Gasteiger partial charge in [-0.1, -0.05) is 38.1 Å². The Labute approximate surface area is 461 Å². The normalized spacial score (nSPS) is 24.4. The number of aromatic amines is 1. The molecule has 2 amide bonds. The predicted molar refractivity (Wildman–Crippen MR) is 299 cm³/mol. The van der Waals surface area contributed by atoms with Gasteiger partial charge in [0.15, 0.2) is 17.2 Å². The third-order valence-corrected chi connectivity index (χ3v) is 18.8. The van der Waals surface area contributed by atoms with Gasteiger partial charge in [0.05, 0.1) is 33.6 Å². The molecule has 4 N–H and O–H groups in total. The fraction of sp³-hybridized carbons (Fsp3) is 0.542. The third-order valence-electron chi connectivity index (χ3n) is 17.5. The minimum absolute atomic E-state index is 0.0264. The van der Waals surface area contributed by atoms with Crippen LogP contribution in [0.2, 0.25) is 0 Å². The largest absolute Gasteiger partial charge is 0.489 e. The van der Waals surface area contributed by atoms with Crippen LogP contribution in [0.3, 0.4) is 0 Å². The van der Waals surface area contributed by atoms with Crippen molar-refractivity contribution >= 4 is 50.1 Å². The molecule has 0 bridgehead atoms. The first-order valence-corrected chi connectivity index (χ1v) is 29.6. The van der Waals surface area contributed by atoms with Gasteiger partial charge in [0.25, 0.3) is 27.5 Å². The maximum atomic E-state index is 14.6. The van der Waals surface area contributed by atoms with E-state index in [0.717, 1.165) is 57.1 Å². The zero-order valence-corrected chi connectivity index (χ0v) is 46.9. The van der Waals surface area contributed by atoms with Crippen molar-refractivity contribution in [3.05, 3.63) is 99.7 Å². The quantitative estimate of drug-likeness (QED) is 0.0635. The number of fused-ring (bicyclic) bond motifs is 2. The van der Waals surface area contributed by atoms with E-state index in [1.807, 2.05) is 26.8 Å². The van der Waals surface area contributed by atoms with E-state index in [4.69, 9.17) is 23.9 Å². The molecule has 0 radical (unpaired) electrons. The van der Waals surface area contributed by atoms with E-state index in [9.17, 15) is 33.2 Å². The number of nitro groups is 1. The monoisotopic (exact) mass is 1100 g/mol. The molecule has 3 aromatic carbocycles. The van der Waals surface area contributed by atoms with Crippen LogP contribution in [-0.4, -0.2) is 119 Å². The number of ether oxygens (including phenoxy) is 4. The topological polar surface area (TPSA) is 231 Å². The number of rotatable bonds is 13. The highest BCUT2D eigenvalue weighted by atomic mass is 32.2. The van der Waals surface area contributed by atoms with Crippen LogP contribution in [0, 0.1) is 21.4 Å². The minimum Gasteiger partial charge on any atom is -0.489 e. The van der Waals surface area contributed by atoms with E-state index in [0.29, 0.717) is 67.7 Å². The van der Waals surface area contributed by atoms with Crippen molar-refractivity contribution in [1.29, 1.82) is 0 Å². The van der Waals surface area contributed by atoms with Crippen LogP contribution in [0.25, 0.3) is 11.0 Å². The van der Waals surface area contributed by atoms with Crippen molar-refractivity contribution in [2.45, 2.75) is 158 Å². The summed E-state index contributed by atoms with van der Waals surface area (Å²) in [5.74, 6) is -0.254. The van der Waals surface area contributed by atoms with E-state index in [2.05, 4.69) is 62.9 Å². The molecule has 3 atom stereocenters. The molecule has 422 valence electrons. The highest BCUT2D eigenvalue weighted by Crippen LogP contribution is 2.55. The highest BCUT2D eigenvalue weighted by Gasteiger charge is 2.50. The number of amides is 2. The molecule has 0 unspecified atom stereocenters. The number of hydrogen-bond acceptors (Lipinski definition) is 15. The lowest BCUT2D eigenvalue weighted by atomic mass is 9.59. The summed E-state index contributed by atoms with van der Waals surface area (Å²) < 4.78 is 55.7. The van der Waals surface area contributed by atoms with Gasteiger partial charge in [-0.05, 0) is 151 Å². The van der Waals surface area contributed by atoms with E-state index >= 15 is 0 Å². The molecule has 2 aromatic heterocycles. The molecule has 1 spiro atoms. The van der Waals surface area contributed by atoms with Crippen molar-refractivity contribution < 1.29 is 47.0 Å². The molecule has 5 fully saturated rings. The molecule has 20 heteroatoms. The van der Waals surface area contributed by atoms with Gasteiger partial charge in [0.2, 0.25) is 0 Å². The summed E-state index contributed by atoms with van der Waals surface area (Å²) >= 11 is 0.